The Kier molecular flexibility index (Phi) is 1.60. The first kappa shape index (κ1) is 5.69. The molecule has 0 aliphatic rings. The Bertz CT molecular complexity index is 113. The van der Waals surface area contributed by atoms with Crippen molar-refractivity contribution >= 4 is 5.96 Å². The van der Waals surface area contributed by atoms with Crippen LogP contribution >= 0.6 is 0 Å². The molecule has 0 aromatic carbocycles. The van der Waals surface area contributed by atoms with Crippen LogP contribution in [0.15, 0.2) is 0 Å². The quantitative estimate of drug-likeness (QED) is 0.143. The van der Waals surface area contributed by atoms with Crippen LogP contribution in [0, 0.1) is 16.9 Å². The molecule has 0 aliphatic carbocycles. The molecule has 7 heavy (non-hydrogen) atoms. The molecule has 0 fully saturated rings. The zero-order valence-corrected chi connectivity index (χ0v) is 3.35. The molecule has 0 radical (unpaired) electrons. The molecule has 0 spiro atoms. The van der Waals surface area contributed by atoms with Gasteiger partial charge in [0.25, 0.3) is 0 Å². The number of hydrogen-bond acceptors (Lipinski definition) is 2. The normalized spacial score (nSPS) is 6.86. The summed E-state index contributed by atoms with van der Waals surface area (Å²) in [5, 5.41) is 13.3. The monoisotopic (exact) mass is 102 g/mol. The zero-order chi connectivity index (χ0) is 5.86. The highest BCUT2D eigenvalue weighted by Gasteiger charge is 1.97. The lowest BCUT2D eigenvalue weighted by Crippen LogP contribution is -2.24. The Morgan fingerprint density at radius 1 is 2.00 bits per heavy atom. The first-order chi connectivity index (χ1) is 3.18. The Morgan fingerprint density at radius 2 is 2.43 bits per heavy atom. The second-order valence-corrected chi connectivity index (χ2v) is 0.766. The van der Waals surface area contributed by atoms with E-state index in [0.717, 1.165) is 6.19 Å². The zero-order valence-electron chi connectivity index (χ0n) is 3.35. The summed E-state index contributed by atoms with van der Waals surface area (Å²) in [6, 6.07) is 0. The average molecular weight is 102 g/mol. The van der Waals surface area contributed by atoms with Crippen molar-refractivity contribution in [2.24, 2.45) is 5.73 Å². The number of guanidine groups is 1. The molecular weight excluding hydrogens is 99.0 g/mol. The molecule has 0 aliphatic heterocycles. The fourth-order valence-corrected chi connectivity index (χ4v) is 0.0539. The maximum absolute atomic E-state index is 11.4. The van der Waals surface area contributed by atoms with Gasteiger partial charge in [-0.25, -0.2) is 0 Å². The SMILES string of the molecule is N#CN(F)C(=N)N. The molecule has 0 aromatic rings. The van der Waals surface area contributed by atoms with Gasteiger partial charge in [-0.1, -0.05) is 9.60 Å². The van der Waals surface area contributed by atoms with Crippen LogP contribution in [0.2, 0.25) is 0 Å². The van der Waals surface area contributed by atoms with E-state index in [9.17, 15) is 4.48 Å². The smallest absolute Gasteiger partial charge is 0.233 e. The molecule has 3 N–H and O–H groups in total. The number of nitriles is 1. The van der Waals surface area contributed by atoms with Crippen molar-refractivity contribution < 1.29 is 4.48 Å². The van der Waals surface area contributed by atoms with Gasteiger partial charge >= 0.3 is 0 Å². The summed E-state index contributed by atoms with van der Waals surface area (Å²) >= 11 is 0. The number of halogens is 1. The van der Waals surface area contributed by atoms with E-state index in [-0.39, 0.29) is 0 Å². The number of nitrogens with two attached hydrogens (primary N) is 1. The van der Waals surface area contributed by atoms with Gasteiger partial charge in [0.05, 0.1) is 0 Å². The fraction of sp³-hybridized carbons (Fsp3) is 0. The standard InChI is InChI=1S/C2H3FN4/c3-7(1-4)2(5)6/h(H3,5,6). The van der Waals surface area contributed by atoms with Crippen molar-refractivity contribution in [3.05, 3.63) is 0 Å². The predicted octanol–water partition coefficient (Wildman–Crippen LogP) is -0.453. The van der Waals surface area contributed by atoms with Crippen LogP contribution in [0.1, 0.15) is 0 Å². The minimum atomic E-state index is -0.900. The van der Waals surface area contributed by atoms with E-state index in [1.54, 1.807) is 0 Å². The summed E-state index contributed by atoms with van der Waals surface area (Å²) in [6.07, 6.45) is 0.981. The van der Waals surface area contributed by atoms with E-state index in [1.165, 1.54) is 0 Å². The second kappa shape index (κ2) is 1.97. The molecule has 0 saturated heterocycles. The van der Waals surface area contributed by atoms with Gasteiger partial charge in [0, 0.05) is 0 Å². The Balaban J connectivity index is 3.63. The van der Waals surface area contributed by atoms with Gasteiger partial charge in [-0.2, -0.15) is 5.26 Å². The second-order valence-electron chi connectivity index (χ2n) is 0.766. The van der Waals surface area contributed by atoms with E-state index >= 15 is 0 Å². The maximum Gasteiger partial charge on any atom is 0.233 e. The van der Waals surface area contributed by atoms with Crippen LogP contribution in [0.3, 0.4) is 0 Å². The predicted molar refractivity (Wildman–Crippen MR) is 20.5 cm³/mol. The molecule has 0 unspecified atom stereocenters. The van der Waals surface area contributed by atoms with Crippen molar-refractivity contribution in [3.8, 4) is 6.19 Å². The number of hydrogen-bond donors (Lipinski definition) is 2. The van der Waals surface area contributed by atoms with Gasteiger partial charge in [-0.05, 0) is 0 Å². The van der Waals surface area contributed by atoms with Crippen LogP contribution in [-0.4, -0.2) is 11.1 Å². The first-order valence-electron chi connectivity index (χ1n) is 1.38. The number of nitrogens with zero attached hydrogens (tertiary/aromatic N) is 2. The number of nitrogens with one attached hydrogen (secondary N) is 1. The van der Waals surface area contributed by atoms with E-state index in [4.69, 9.17) is 10.7 Å². The number of rotatable bonds is 0. The van der Waals surface area contributed by atoms with Crippen LogP contribution in [0.5, 0.6) is 0 Å². The molecule has 0 aromatic heterocycles. The third kappa shape index (κ3) is 1.54. The largest absolute Gasteiger partial charge is 0.367 e. The molecule has 0 rings (SSSR count). The third-order valence-corrected chi connectivity index (χ3v) is 0.299. The van der Waals surface area contributed by atoms with Crippen LogP contribution in [0.4, 0.5) is 4.48 Å². The summed E-state index contributed by atoms with van der Waals surface area (Å²) in [5.74, 6) is -0.900. The van der Waals surface area contributed by atoms with Gasteiger partial charge < -0.3 is 5.73 Å². The fourth-order valence-electron chi connectivity index (χ4n) is 0.0539. The lowest BCUT2D eigenvalue weighted by molar-refractivity contribution is 0.200. The summed E-state index contributed by atoms with van der Waals surface area (Å²) in [5.41, 5.74) is 4.46. The summed E-state index contributed by atoms with van der Waals surface area (Å²) in [7, 11) is 0. The Hall–Kier alpha value is -1.31. The molecule has 0 amide bonds. The van der Waals surface area contributed by atoms with E-state index in [2.05, 4.69) is 5.73 Å². The van der Waals surface area contributed by atoms with Gasteiger partial charge in [0.1, 0.15) is 0 Å². The van der Waals surface area contributed by atoms with Gasteiger partial charge in [0.2, 0.25) is 12.2 Å². The minimum absolute atomic E-state index is 0.542. The molecule has 0 bridgehead atoms. The molecule has 5 heteroatoms. The summed E-state index contributed by atoms with van der Waals surface area (Å²) in [4.78, 5) is 0. The van der Waals surface area contributed by atoms with Crippen LogP contribution < -0.4 is 5.73 Å². The lowest BCUT2D eigenvalue weighted by Gasteiger charge is -1.93. The van der Waals surface area contributed by atoms with E-state index < -0.39 is 11.1 Å². The van der Waals surface area contributed by atoms with Crippen molar-refractivity contribution in [2.75, 3.05) is 0 Å². The highest BCUT2D eigenvalue weighted by Crippen LogP contribution is 1.77. The topological polar surface area (TPSA) is 76.9 Å². The lowest BCUT2D eigenvalue weighted by atomic mass is 11.0. The Labute approximate surface area is 39.4 Å². The Morgan fingerprint density at radius 3 is 2.43 bits per heavy atom. The molecule has 0 heterocycles. The molecule has 38 valence electrons. The highest BCUT2D eigenvalue weighted by atomic mass is 19.2. The highest BCUT2D eigenvalue weighted by molar-refractivity contribution is 5.74. The van der Waals surface area contributed by atoms with E-state index in [1.807, 2.05) is 0 Å². The molecular formula is C2H3FN4. The van der Waals surface area contributed by atoms with E-state index in [0.29, 0.717) is 0 Å². The minimum Gasteiger partial charge on any atom is -0.367 e. The molecule has 4 nitrogen and oxygen atoms in total. The van der Waals surface area contributed by atoms with Crippen molar-refractivity contribution in [3.63, 3.8) is 0 Å². The summed E-state index contributed by atoms with van der Waals surface area (Å²) in [6.45, 7) is 0. The maximum atomic E-state index is 11.4. The van der Waals surface area contributed by atoms with Crippen molar-refractivity contribution in [2.45, 2.75) is 0 Å². The molecule has 0 saturated carbocycles. The van der Waals surface area contributed by atoms with Crippen LogP contribution in [0.25, 0.3) is 0 Å². The van der Waals surface area contributed by atoms with Crippen molar-refractivity contribution in [1.82, 2.24) is 5.12 Å². The molecule has 0 atom stereocenters. The first-order valence-corrected chi connectivity index (χ1v) is 1.38. The van der Waals surface area contributed by atoms with Crippen molar-refractivity contribution in [1.29, 1.82) is 10.7 Å². The van der Waals surface area contributed by atoms with Gasteiger partial charge in [-0.15, -0.1) is 0 Å². The van der Waals surface area contributed by atoms with Gasteiger partial charge in [0.15, 0.2) is 0 Å². The summed E-state index contributed by atoms with van der Waals surface area (Å²) < 4.78 is 11.4. The average Bonchev–Trinajstić information content (AvgIpc) is 1.65. The third-order valence-electron chi connectivity index (χ3n) is 0.299. The van der Waals surface area contributed by atoms with Gasteiger partial charge in [-0.3, -0.25) is 5.41 Å². The van der Waals surface area contributed by atoms with Crippen LogP contribution in [-0.2, 0) is 0 Å².